The molecular weight excluding hydrogens is 354 g/mol. The van der Waals surface area contributed by atoms with Crippen molar-refractivity contribution in [3.63, 3.8) is 0 Å². The molecule has 1 aliphatic heterocycles. The SMILES string of the molecule is CC(=O)Nc1cccc(OCCNC2CCCC2C2COCCN2)c1.Cl. The number of benzene rings is 1. The van der Waals surface area contributed by atoms with Crippen LogP contribution in [0, 0.1) is 5.92 Å². The summed E-state index contributed by atoms with van der Waals surface area (Å²) in [6, 6.07) is 8.51. The molecule has 3 rings (SSSR count). The lowest BCUT2D eigenvalue weighted by Crippen LogP contribution is -2.51. The highest BCUT2D eigenvalue weighted by Gasteiger charge is 2.34. The smallest absolute Gasteiger partial charge is 0.221 e. The number of amides is 1. The molecule has 7 heteroatoms. The lowest BCUT2D eigenvalue weighted by molar-refractivity contribution is -0.114. The van der Waals surface area contributed by atoms with Crippen LogP contribution in [0.25, 0.3) is 0 Å². The van der Waals surface area contributed by atoms with Crippen molar-refractivity contribution < 1.29 is 14.3 Å². The number of rotatable bonds is 7. The molecule has 1 saturated heterocycles. The Labute approximate surface area is 161 Å². The third kappa shape index (κ3) is 6.13. The molecule has 0 bridgehead atoms. The molecule has 0 spiro atoms. The summed E-state index contributed by atoms with van der Waals surface area (Å²) in [5, 5.41) is 10.0. The van der Waals surface area contributed by atoms with E-state index in [1.54, 1.807) is 0 Å². The van der Waals surface area contributed by atoms with Crippen LogP contribution in [0.4, 0.5) is 5.69 Å². The van der Waals surface area contributed by atoms with Gasteiger partial charge in [-0.3, -0.25) is 4.79 Å². The summed E-state index contributed by atoms with van der Waals surface area (Å²) in [6.07, 6.45) is 3.76. The average Bonchev–Trinajstić information content (AvgIpc) is 3.08. The van der Waals surface area contributed by atoms with Crippen LogP contribution in [0.15, 0.2) is 24.3 Å². The maximum absolute atomic E-state index is 11.1. The number of halogens is 1. The first-order valence-electron chi connectivity index (χ1n) is 9.27. The maximum atomic E-state index is 11.1. The molecule has 6 nitrogen and oxygen atoms in total. The topological polar surface area (TPSA) is 71.6 Å². The second kappa shape index (κ2) is 10.7. The zero-order valence-electron chi connectivity index (χ0n) is 15.3. The molecule has 1 saturated carbocycles. The van der Waals surface area contributed by atoms with Crippen LogP contribution in [0.5, 0.6) is 5.75 Å². The third-order valence-electron chi connectivity index (χ3n) is 4.97. The van der Waals surface area contributed by atoms with Crippen molar-refractivity contribution >= 4 is 24.0 Å². The monoisotopic (exact) mass is 383 g/mol. The molecule has 146 valence electrons. The number of nitrogens with one attached hydrogen (secondary N) is 3. The van der Waals surface area contributed by atoms with E-state index in [4.69, 9.17) is 9.47 Å². The Morgan fingerprint density at radius 1 is 1.38 bits per heavy atom. The number of carbonyl (C=O) groups is 1. The van der Waals surface area contributed by atoms with Crippen molar-refractivity contribution in [1.29, 1.82) is 0 Å². The first kappa shape index (κ1) is 21.0. The van der Waals surface area contributed by atoms with Gasteiger partial charge in [-0.05, 0) is 30.9 Å². The van der Waals surface area contributed by atoms with Crippen LogP contribution in [-0.4, -0.2) is 50.9 Å². The Morgan fingerprint density at radius 2 is 2.27 bits per heavy atom. The fourth-order valence-electron chi connectivity index (χ4n) is 3.86. The average molecular weight is 384 g/mol. The predicted octanol–water partition coefficient (Wildman–Crippen LogP) is 2.19. The predicted molar refractivity (Wildman–Crippen MR) is 105 cm³/mol. The van der Waals surface area contributed by atoms with Crippen molar-refractivity contribution in [1.82, 2.24) is 10.6 Å². The number of hydrogen-bond donors (Lipinski definition) is 3. The highest BCUT2D eigenvalue weighted by atomic mass is 35.5. The van der Waals surface area contributed by atoms with Gasteiger partial charge in [-0.25, -0.2) is 0 Å². The van der Waals surface area contributed by atoms with E-state index in [1.165, 1.54) is 26.2 Å². The molecule has 1 aromatic rings. The van der Waals surface area contributed by atoms with Crippen LogP contribution >= 0.6 is 12.4 Å². The lowest BCUT2D eigenvalue weighted by atomic mass is 9.94. The van der Waals surface area contributed by atoms with E-state index in [2.05, 4.69) is 16.0 Å². The van der Waals surface area contributed by atoms with Crippen LogP contribution in [-0.2, 0) is 9.53 Å². The van der Waals surface area contributed by atoms with E-state index >= 15 is 0 Å². The molecule has 3 N–H and O–H groups in total. The summed E-state index contributed by atoms with van der Waals surface area (Å²) < 4.78 is 11.4. The largest absolute Gasteiger partial charge is 0.492 e. The van der Waals surface area contributed by atoms with E-state index in [1.807, 2.05) is 24.3 Å². The van der Waals surface area contributed by atoms with E-state index < -0.39 is 0 Å². The second-order valence-corrected chi connectivity index (χ2v) is 6.85. The van der Waals surface area contributed by atoms with Gasteiger partial charge in [-0.2, -0.15) is 0 Å². The van der Waals surface area contributed by atoms with Crippen molar-refractivity contribution in [3.05, 3.63) is 24.3 Å². The van der Waals surface area contributed by atoms with Crippen molar-refractivity contribution in [2.24, 2.45) is 5.92 Å². The molecule has 0 radical (unpaired) electrons. The highest BCUT2D eigenvalue weighted by molar-refractivity contribution is 5.88. The van der Waals surface area contributed by atoms with Crippen molar-refractivity contribution in [2.45, 2.75) is 38.3 Å². The quantitative estimate of drug-likeness (QED) is 0.629. The van der Waals surface area contributed by atoms with Crippen LogP contribution in [0.1, 0.15) is 26.2 Å². The molecule has 2 aliphatic rings. The summed E-state index contributed by atoms with van der Waals surface area (Å²) in [7, 11) is 0. The zero-order chi connectivity index (χ0) is 17.5. The number of carbonyl (C=O) groups excluding carboxylic acids is 1. The lowest BCUT2D eigenvalue weighted by Gasteiger charge is -2.33. The van der Waals surface area contributed by atoms with Crippen molar-refractivity contribution in [2.75, 3.05) is 38.2 Å². The number of anilines is 1. The Morgan fingerprint density at radius 3 is 3.04 bits per heavy atom. The Bertz CT molecular complexity index is 567. The van der Waals surface area contributed by atoms with Crippen LogP contribution in [0.3, 0.4) is 0 Å². The minimum Gasteiger partial charge on any atom is -0.492 e. The maximum Gasteiger partial charge on any atom is 0.221 e. The van der Waals surface area contributed by atoms with E-state index in [9.17, 15) is 4.79 Å². The standard InChI is InChI=1S/C19H29N3O3.ClH/c1-14(23)22-15-4-2-5-16(12-15)25-11-9-20-18-7-3-6-17(18)19-13-24-10-8-21-19;/h2,4-5,12,17-21H,3,6-11,13H2,1H3,(H,22,23);1H. The van der Waals surface area contributed by atoms with Gasteiger partial charge in [0.05, 0.1) is 13.2 Å². The summed E-state index contributed by atoms with van der Waals surface area (Å²) in [5.41, 5.74) is 0.761. The fraction of sp³-hybridized carbons (Fsp3) is 0.632. The minimum atomic E-state index is -0.0774. The van der Waals surface area contributed by atoms with Crippen molar-refractivity contribution in [3.8, 4) is 5.75 Å². The van der Waals surface area contributed by atoms with Gasteiger partial charge in [-0.1, -0.05) is 12.5 Å². The minimum absolute atomic E-state index is 0. The van der Waals surface area contributed by atoms with Gasteiger partial charge >= 0.3 is 0 Å². The summed E-state index contributed by atoms with van der Waals surface area (Å²) in [6.45, 7) is 5.55. The summed E-state index contributed by atoms with van der Waals surface area (Å²) in [4.78, 5) is 11.1. The van der Waals surface area contributed by atoms with Gasteiger partial charge in [0.15, 0.2) is 0 Å². The Kier molecular flexibility index (Phi) is 8.65. The molecule has 1 aliphatic carbocycles. The summed E-state index contributed by atoms with van der Waals surface area (Å²) in [5.74, 6) is 1.34. The van der Waals surface area contributed by atoms with Gasteiger partial charge in [0.2, 0.25) is 5.91 Å². The normalized spacial score (nSPS) is 25.3. The van der Waals surface area contributed by atoms with Gasteiger partial charge in [0.1, 0.15) is 12.4 Å². The summed E-state index contributed by atoms with van der Waals surface area (Å²) >= 11 is 0. The van der Waals surface area contributed by atoms with Gasteiger partial charge in [-0.15, -0.1) is 12.4 Å². The second-order valence-electron chi connectivity index (χ2n) is 6.85. The number of morpholine rings is 1. The molecule has 3 unspecified atom stereocenters. The number of ether oxygens (including phenoxy) is 2. The van der Waals surface area contributed by atoms with Gasteiger partial charge < -0.3 is 25.4 Å². The molecule has 2 fully saturated rings. The Balaban J connectivity index is 0.00000243. The van der Waals surface area contributed by atoms with Crippen LogP contribution < -0.4 is 20.7 Å². The zero-order valence-corrected chi connectivity index (χ0v) is 16.1. The Hall–Kier alpha value is -1.34. The van der Waals surface area contributed by atoms with Gasteiger partial charge in [0, 0.05) is 43.9 Å². The van der Waals surface area contributed by atoms with E-state index in [0.29, 0.717) is 24.6 Å². The third-order valence-corrected chi connectivity index (χ3v) is 4.97. The molecule has 1 aromatic carbocycles. The van der Waals surface area contributed by atoms with Crippen LogP contribution in [0.2, 0.25) is 0 Å². The first-order chi connectivity index (χ1) is 12.2. The highest BCUT2D eigenvalue weighted by Crippen LogP contribution is 2.29. The molecule has 1 heterocycles. The molecule has 26 heavy (non-hydrogen) atoms. The first-order valence-corrected chi connectivity index (χ1v) is 9.27. The fourth-order valence-corrected chi connectivity index (χ4v) is 3.86. The molecule has 3 atom stereocenters. The molecular formula is C19H30ClN3O3. The van der Waals surface area contributed by atoms with E-state index in [0.717, 1.165) is 37.7 Å². The van der Waals surface area contributed by atoms with Gasteiger partial charge in [0.25, 0.3) is 0 Å². The molecule has 1 amide bonds. The molecule has 0 aromatic heterocycles. The number of hydrogen-bond acceptors (Lipinski definition) is 5. The van der Waals surface area contributed by atoms with E-state index in [-0.39, 0.29) is 18.3 Å².